The average Bonchev–Trinajstić information content (AvgIpc) is 2.61. The predicted molar refractivity (Wildman–Crippen MR) is 94.6 cm³/mol. The Hall–Kier alpha value is -3.05. The normalized spacial score (nSPS) is 9.96. The molecule has 0 saturated carbocycles. The topological polar surface area (TPSA) is 99.2 Å². The summed E-state index contributed by atoms with van der Waals surface area (Å²) < 4.78 is 13.9. The minimum atomic E-state index is -0.724. The number of thiol groups is 1. The molecule has 0 aromatic heterocycles. The van der Waals surface area contributed by atoms with Gasteiger partial charge in [-0.15, -0.1) is 0 Å². The van der Waals surface area contributed by atoms with Crippen LogP contribution in [0.3, 0.4) is 0 Å². The summed E-state index contributed by atoms with van der Waals surface area (Å²) in [6, 6.07) is 11.5. The van der Waals surface area contributed by atoms with Crippen molar-refractivity contribution in [1.29, 1.82) is 5.26 Å². The zero-order valence-electron chi connectivity index (χ0n) is 13.1. The summed E-state index contributed by atoms with van der Waals surface area (Å²) in [5, 5.41) is 11.7. The molecule has 0 atom stereocenters. The van der Waals surface area contributed by atoms with Gasteiger partial charge < -0.3 is 11.1 Å². The van der Waals surface area contributed by atoms with Crippen LogP contribution < -0.4 is 15.4 Å². The third-order valence-electron chi connectivity index (χ3n) is 3.43. The van der Waals surface area contributed by atoms with Gasteiger partial charge in [-0.2, -0.15) is 5.26 Å². The van der Waals surface area contributed by atoms with Crippen molar-refractivity contribution in [3.05, 3.63) is 65.0 Å². The Labute approximate surface area is 149 Å². The molecule has 0 aliphatic rings. The number of rotatable bonds is 5. The average molecular weight is 358 g/mol. The van der Waals surface area contributed by atoms with E-state index < -0.39 is 11.9 Å². The monoisotopic (exact) mass is 358 g/mol. The molecule has 2 aromatic rings. The summed E-state index contributed by atoms with van der Waals surface area (Å²) in [6.45, 7) is 0.325. The zero-order valence-corrected chi connectivity index (χ0v) is 14.0. The third kappa shape index (κ3) is 4.71. The maximum atomic E-state index is 12.8. The largest absolute Gasteiger partial charge is 0.366 e. The second-order valence-corrected chi connectivity index (χ2v) is 5.53. The van der Waals surface area contributed by atoms with E-state index >= 15 is 0 Å². The van der Waals surface area contributed by atoms with Crippen molar-refractivity contribution in [3.63, 3.8) is 0 Å². The van der Waals surface area contributed by atoms with E-state index in [0.717, 1.165) is 9.87 Å². The van der Waals surface area contributed by atoms with Crippen molar-refractivity contribution in [2.24, 2.45) is 5.73 Å². The van der Waals surface area contributed by atoms with Crippen LogP contribution in [0.15, 0.2) is 42.5 Å². The number of nitrogens with one attached hydrogen (secondary N) is 1. The predicted octanol–water partition coefficient (Wildman–Crippen LogP) is 2.40. The number of primary amides is 1. The molecule has 25 heavy (non-hydrogen) atoms. The molecule has 0 bridgehead atoms. The van der Waals surface area contributed by atoms with E-state index in [9.17, 15) is 14.0 Å². The number of benzene rings is 2. The number of nitrogens with zero attached hydrogens (tertiary/aromatic N) is 2. The van der Waals surface area contributed by atoms with E-state index in [-0.39, 0.29) is 16.9 Å². The minimum absolute atomic E-state index is 0.0585. The Morgan fingerprint density at radius 3 is 2.52 bits per heavy atom. The second kappa shape index (κ2) is 8.17. The van der Waals surface area contributed by atoms with E-state index in [0.29, 0.717) is 18.7 Å². The molecule has 0 heterocycles. The van der Waals surface area contributed by atoms with Gasteiger partial charge in [0.05, 0.1) is 16.8 Å². The van der Waals surface area contributed by atoms with E-state index in [2.05, 4.69) is 18.1 Å². The van der Waals surface area contributed by atoms with Crippen LogP contribution in [0.25, 0.3) is 0 Å². The number of amides is 3. The SMILES string of the molecule is N#Cc1cc(N(S)C(=O)NCCc2ccc(F)cc2)ccc1C(N)=O. The van der Waals surface area contributed by atoms with Crippen LogP contribution in [-0.2, 0) is 6.42 Å². The number of hydrogen-bond donors (Lipinski definition) is 3. The molecule has 6 nitrogen and oxygen atoms in total. The van der Waals surface area contributed by atoms with Crippen LogP contribution in [0.5, 0.6) is 0 Å². The van der Waals surface area contributed by atoms with Crippen molar-refractivity contribution in [2.75, 3.05) is 10.8 Å². The fourth-order valence-electron chi connectivity index (χ4n) is 2.13. The Balaban J connectivity index is 1.98. The highest BCUT2D eigenvalue weighted by molar-refractivity contribution is 7.82. The lowest BCUT2D eigenvalue weighted by molar-refractivity contribution is 0.1000. The Morgan fingerprint density at radius 2 is 1.92 bits per heavy atom. The second-order valence-electron chi connectivity index (χ2n) is 5.13. The van der Waals surface area contributed by atoms with Crippen molar-refractivity contribution in [3.8, 4) is 6.07 Å². The summed E-state index contributed by atoms with van der Waals surface area (Å²) in [4.78, 5) is 23.3. The van der Waals surface area contributed by atoms with Gasteiger partial charge in [0.25, 0.3) is 0 Å². The number of carbonyl (C=O) groups is 2. The number of nitrogens with two attached hydrogens (primary N) is 1. The van der Waals surface area contributed by atoms with Gasteiger partial charge in [0.1, 0.15) is 11.9 Å². The lowest BCUT2D eigenvalue weighted by Gasteiger charge is -2.17. The van der Waals surface area contributed by atoms with Gasteiger partial charge >= 0.3 is 6.03 Å². The molecule has 2 aromatic carbocycles. The Kier molecular flexibility index (Phi) is 5.98. The van der Waals surface area contributed by atoms with E-state index in [1.165, 1.54) is 30.3 Å². The first kappa shape index (κ1) is 18.3. The highest BCUT2D eigenvalue weighted by Gasteiger charge is 2.15. The van der Waals surface area contributed by atoms with Gasteiger partial charge in [-0.3, -0.25) is 4.79 Å². The van der Waals surface area contributed by atoms with Crippen LogP contribution in [0.4, 0.5) is 14.9 Å². The number of anilines is 1. The van der Waals surface area contributed by atoms with Gasteiger partial charge in [-0.1, -0.05) is 24.9 Å². The van der Waals surface area contributed by atoms with Crippen LogP contribution in [-0.4, -0.2) is 18.5 Å². The molecule has 0 aliphatic carbocycles. The number of hydrogen-bond acceptors (Lipinski definition) is 4. The van der Waals surface area contributed by atoms with Gasteiger partial charge in [-0.25, -0.2) is 13.5 Å². The minimum Gasteiger partial charge on any atom is -0.366 e. The molecule has 3 N–H and O–H groups in total. The third-order valence-corrected chi connectivity index (χ3v) is 3.84. The number of urea groups is 1. The molecular weight excluding hydrogens is 343 g/mol. The molecular formula is C17H15FN4O2S. The number of nitriles is 1. The summed E-state index contributed by atoms with van der Waals surface area (Å²) in [5.41, 5.74) is 6.52. The molecule has 0 unspecified atom stereocenters. The van der Waals surface area contributed by atoms with Gasteiger partial charge in [0, 0.05) is 6.54 Å². The Morgan fingerprint density at radius 1 is 1.24 bits per heavy atom. The summed E-state index contributed by atoms with van der Waals surface area (Å²) in [6.07, 6.45) is 0.525. The first-order chi connectivity index (χ1) is 11.9. The summed E-state index contributed by atoms with van der Waals surface area (Å²) in [5.74, 6) is -1.04. The quantitative estimate of drug-likeness (QED) is 0.716. The van der Waals surface area contributed by atoms with Crippen LogP contribution in [0, 0.1) is 17.1 Å². The molecule has 3 amide bonds. The maximum Gasteiger partial charge on any atom is 0.331 e. The molecule has 2 rings (SSSR count). The molecule has 0 radical (unpaired) electrons. The highest BCUT2D eigenvalue weighted by Crippen LogP contribution is 2.21. The van der Waals surface area contributed by atoms with Crippen molar-refractivity contribution < 1.29 is 14.0 Å². The van der Waals surface area contributed by atoms with E-state index in [1.807, 2.05) is 6.07 Å². The molecule has 0 saturated heterocycles. The van der Waals surface area contributed by atoms with Crippen LogP contribution >= 0.6 is 12.8 Å². The lowest BCUT2D eigenvalue weighted by atomic mass is 10.1. The number of halogens is 1. The van der Waals surface area contributed by atoms with Crippen molar-refractivity contribution >= 4 is 30.4 Å². The van der Waals surface area contributed by atoms with Crippen molar-refractivity contribution in [1.82, 2.24) is 5.32 Å². The zero-order chi connectivity index (χ0) is 18.4. The van der Waals surface area contributed by atoms with Crippen LogP contribution in [0.1, 0.15) is 21.5 Å². The van der Waals surface area contributed by atoms with Gasteiger partial charge in [0.15, 0.2) is 0 Å². The molecule has 128 valence electrons. The Bertz CT molecular complexity index is 834. The molecule has 8 heteroatoms. The maximum absolute atomic E-state index is 12.8. The fourth-order valence-corrected chi connectivity index (χ4v) is 2.32. The van der Waals surface area contributed by atoms with Crippen molar-refractivity contribution in [2.45, 2.75) is 6.42 Å². The van der Waals surface area contributed by atoms with E-state index in [4.69, 9.17) is 11.0 Å². The first-order valence-corrected chi connectivity index (χ1v) is 7.67. The van der Waals surface area contributed by atoms with Crippen LogP contribution in [0.2, 0.25) is 0 Å². The first-order valence-electron chi connectivity index (χ1n) is 7.27. The smallest absolute Gasteiger partial charge is 0.331 e. The highest BCUT2D eigenvalue weighted by atomic mass is 32.1. The summed E-state index contributed by atoms with van der Waals surface area (Å²) in [7, 11) is 0. The number of carbonyl (C=O) groups excluding carboxylic acids is 2. The van der Waals surface area contributed by atoms with Gasteiger partial charge in [-0.05, 0) is 42.3 Å². The fraction of sp³-hybridized carbons (Fsp3) is 0.118. The molecule has 0 spiro atoms. The lowest BCUT2D eigenvalue weighted by Crippen LogP contribution is -2.35. The summed E-state index contributed by atoms with van der Waals surface area (Å²) >= 11 is 4.11. The van der Waals surface area contributed by atoms with E-state index in [1.54, 1.807) is 12.1 Å². The molecule has 0 aliphatic heterocycles. The standard InChI is InChI=1S/C17H15FN4O2S/c18-13-3-1-11(2-4-13)7-8-21-17(24)22(25)14-5-6-15(16(20)23)12(9-14)10-19/h1-6,9,25H,7-8H2,(H2,20,23)(H,21,24). The molecule has 0 fully saturated rings. The van der Waals surface area contributed by atoms with Gasteiger partial charge in [0.2, 0.25) is 5.91 Å².